The summed E-state index contributed by atoms with van der Waals surface area (Å²) in [6, 6.07) is 38.1. The number of allylic oxidation sites excluding steroid dienone is 1. The van der Waals surface area contributed by atoms with Crippen LogP contribution in [0.25, 0.3) is 27.7 Å². The van der Waals surface area contributed by atoms with Gasteiger partial charge in [0.05, 0.1) is 16.9 Å². The lowest BCUT2D eigenvalue weighted by Crippen LogP contribution is -2.59. The summed E-state index contributed by atoms with van der Waals surface area (Å²) < 4.78 is 2.58. The van der Waals surface area contributed by atoms with Crippen LogP contribution < -0.4 is 9.47 Å². The van der Waals surface area contributed by atoms with Crippen molar-refractivity contribution in [3.8, 4) is 11.3 Å². The number of pyridine rings is 1. The lowest BCUT2D eigenvalue weighted by Gasteiger charge is -2.42. The number of hydrogen-bond donors (Lipinski definition) is 0. The zero-order valence-electron chi connectivity index (χ0n) is 23.3. The Balaban J connectivity index is 1.52. The SMILES string of the molecule is C=C1c2ccc(N3c4ccccc4C(C)(C)c4ccccc43)cc2-c2ccc3ccccc3[n+]2C1(CC)CC. The van der Waals surface area contributed by atoms with Crippen LogP contribution in [-0.2, 0) is 11.0 Å². The van der Waals surface area contributed by atoms with E-state index < -0.39 is 0 Å². The van der Waals surface area contributed by atoms with Crippen LogP contribution in [0, 0.1) is 0 Å². The summed E-state index contributed by atoms with van der Waals surface area (Å²) in [5.41, 5.74) is 12.4. The third kappa shape index (κ3) is 3.12. The first-order valence-corrected chi connectivity index (χ1v) is 14.2. The average Bonchev–Trinajstić information content (AvgIpc) is 2.98. The minimum atomic E-state index is -0.154. The molecule has 0 atom stereocenters. The van der Waals surface area contributed by atoms with Gasteiger partial charge in [-0.15, -0.1) is 0 Å². The average molecular weight is 508 g/mol. The van der Waals surface area contributed by atoms with Crippen molar-refractivity contribution in [2.45, 2.75) is 51.5 Å². The van der Waals surface area contributed by atoms with E-state index in [1.54, 1.807) is 0 Å². The van der Waals surface area contributed by atoms with Crippen molar-refractivity contribution in [2.24, 2.45) is 0 Å². The van der Waals surface area contributed by atoms with Gasteiger partial charge >= 0.3 is 0 Å². The van der Waals surface area contributed by atoms with Gasteiger partial charge in [0.2, 0.25) is 11.2 Å². The molecule has 5 aromatic rings. The normalized spacial score (nSPS) is 16.3. The van der Waals surface area contributed by atoms with E-state index in [1.165, 1.54) is 61.5 Å². The Bertz CT molecular complexity index is 1740. The van der Waals surface area contributed by atoms with E-state index in [0.29, 0.717) is 0 Å². The van der Waals surface area contributed by atoms with E-state index in [4.69, 9.17) is 6.58 Å². The van der Waals surface area contributed by atoms with Gasteiger partial charge in [-0.2, -0.15) is 4.57 Å². The summed E-state index contributed by atoms with van der Waals surface area (Å²) >= 11 is 0. The smallest absolute Gasteiger partial charge is 0.214 e. The van der Waals surface area contributed by atoms with Crippen LogP contribution in [-0.4, -0.2) is 0 Å². The number of benzene rings is 4. The van der Waals surface area contributed by atoms with E-state index in [2.05, 4.69) is 140 Å². The molecule has 2 aliphatic heterocycles. The molecule has 0 saturated carbocycles. The zero-order chi connectivity index (χ0) is 26.9. The van der Waals surface area contributed by atoms with Crippen LogP contribution in [0.5, 0.6) is 0 Å². The molecular formula is C37H35N2+. The van der Waals surface area contributed by atoms with Gasteiger partial charge in [-0.1, -0.05) is 88.9 Å². The van der Waals surface area contributed by atoms with Gasteiger partial charge in [-0.3, -0.25) is 0 Å². The summed E-state index contributed by atoms with van der Waals surface area (Å²) in [6.45, 7) is 14.0. The molecule has 2 heteroatoms. The monoisotopic (exact) mass is 507 g/mol. The van der Waals surface area contributed by atoms with E-state index in [-0.39, 0.29) is 11.0 Å². The highest BCUT2D eigenvalue weighted by molar-refractivity contribution is 5.91. The highest BCUT2D eigenvalue weighted by atomic mass is 15.2. The molecule has 3 heterocycles. The Morgan fingerprint density at radius 2 is 1.31 bits per heavy atom. The van der Waals surface area contributed by atoms with Crippen molar-refractivity contribution in [3.63, 3.8) is 0 Å². The van der Waals surface area contributed by atoms with Gasteiger partial charge in [0, 0.05) is 47.0 Å². The van der Waals surface area contributed by atoms with Crippen molar-refractivity contribution < 1.29 is 4.57 Å². The van der Waals surface area contributed by atoms with E-state index in [0.717, 1.165) is 12.8 Å². The maximum atomic E-state index is 4.76. The van der Waals surface area contributed by atoms with Crippen LogP contribution in [0.1, 0.15) is 57.2 Å². The summed E-state index contributed by atoms with van der Waals surface area (Å²) in [6.07, 6.45) is 1.99. The van der Waals surface area contributed by atoms with Crippen LogP contribution in [0.3, 0.4) is 0 Å². The fourth-order valence-corrected chi connectivity index (χ4v) is 7.35. The summed E-state index contributed by atoms with van der Waals surface area (Å²) in [4.78, 5) is 2.45. The number of anilines is 3. The van der Waals surface area contributed by atoms with Gasteiger partial charge < -0.3 is 4.90 Å². The van der Waals surface area contributed by atoms with Crippen LogP contribution in [0.4, 0.5) is 17.1 Å². The molecule has 0 unspecified atom stereocenters. The highest BCUT2D eigenvalue weighted by Crippen LogP contribution is 2.53. The minimum Gasteiger partial charge on any atom is -0.310 e. The second-order valence-corrected chi connectivity index (χ2v) is 11.6. The molecule has 4 aromatic carbocycles. The highest BCUT2D eigenvalue weighted by Gasteiger charge is 2.48. The van der Waals surface area contributed by atoms with Crippen molar-refractivity contribution in [3.05, 3.63) is 126 Å². The number of fused-ring (bicyclic) bond motifs is 7. The molecule has 0 saturated heterocycles. The van der Waals surface area contributed by atoms with Gasteiger partial charge in [0.15, 0.2) is 5.54 Å². The summed E-state index contributed by atoms with van der Waals surface area (Å²) in [5, 5.41) is 1.26. The molecule has 192 valence electrons. The largest absolute Gasteiger partial charge is 0.310 e. The molecule has 0 radical (unpaired) electrons. The molecule has 0 amide bonds. The van der Waals surface area contributed by atoms with Crippen LogP contribution in [0.2, 0.25) is 0 Å². The third-order valence-electron chi connectivity index (χ3n) is 9.50. The first kappa shape index (κ1) is 23.9. The number of nitrogens with zero attached hydrogens (tertiary/aromatic N) is 2. The summed E-state index contributed by atoms with van der Waals surface area (Å²) in [7, 11) is 0. The number of rotatable bonds is 3. The number of para-hydroxylation sites is 3. The Morgan fingerprint density at radius 3 is 1.97 bits per heavy atom. The molecule has 2 aliphatic rings. The molecule has 39 heavy (non-hydrogen) atoms. The molecular weight excluding hydrogens is 472 g/mol. The van der Waals surface area contributed by atoms with E-state index >= 15 is 0 Å². The maximum absolute atomic E-state index is 4.76. The van der Waals surface area contributed by atoms with Crippen molar-refractivity contribution >= 4 is 33.5 Å². The first-order valence-electron chi connectivity index (χ1n) is 14.2. The Hall–Kier alpha value is -4.17. The van der Waals surface area contributed by atoms with E-state index in [9.17, 15) is 0 Å². The molecule has 0 fully saturated rings. The first-order chi connectivity index (χ1) is 18.9. The molecule has 7 rings (SSSR count). The van der Waals surface area contributed by atoms with Gasteiger partial charge in [0.25, 0.3) is 0 Å². The zero-order valence-corrected chi connectivity index (χ0v) is 23.3. The predicted octanol–water partition coefficient (Wildman–Crippen LogP) is 9.45. The molecule has 1 aromatic heterocycles. The Morgan fingerprint density at radius 1 is 0.692 bits per heavy atom. The second kappa shape index (κ2) is 8.41. The predicted molar refractivity (Wildman–Crippen MR) is 164 cm³/mol. The lowest BCUT2D eigenvalue weighted by molar-refractivity contribution is -0.718. The maximum Gasteiger partial charge on any atom is 0.214 e. The minimum absolute atomic E-state index is 0.0740. The number of aromatic nitrogens is 1. The van der Waals surface area contributed by atoms with Gasteiger partial charge in [-0.05, 0) is 53.1 Å². The van der Waals surface area contributed by atoms with E-state index in [1.807, 2.05) is 0 Å². The van der Waals surface area contributed by atoms with Crippen molar-refractivity contribution in [1.82, 2.24) is 0 Å². The fourth-order valence-electron chi connectivity index (χ4n) is 7.35. The molecule has 0 bridgehead atoms. The third-order valence-corrected chi connectivity index (χ3v) is 9.50. The van der Waals surface area contributed by atoms with Gasteiger partial charge in [-0.25, -0.2) is 0 Å². The molecule has 2 nitrogen and oxygen atoms in total. The lowest BCUT2D eigenvalue weighted by atomic mass is 9.73. The topological polar surface area (TPSA) is 7.12 Å². The fraction of sp³-hybridized carbons (Fsp3) is 0.216. The van der Waals surface area contributed by atoms with Crippen molar-refractivity contribution in [2.75, 3.05) is 4.90 Å². The summed E-state index contributed by atoms with van der Waals surface area (Å²) in [5.74, 6) is 0. The Labute approximate surface area is 231 Å². The quantitative estimate of drug-likeness (QED) is 0.221. The van der Waals surface area contributed by atoms with Gasteiger partial charge in [0.1, 0.15) is 0 Å². The van der Waals surface area contributed by atoms with Crippen molar-refractivity contribution in [1.29, 1.82) is 0 Å². The van der Waals surface area contributed by atoms with Crippen LogP contribution >= 0.6 is 0 Å². The van der Waals surface area contributed by atoms with Crippen LogP contribution in [0.15, 0.2) is 110 Å². The number of hydrogen-bond acceptors (Lipinski definition) is 1. The molecule has 0 spiro atoms. The molecule has 0 aliphatic carbocycles. The second-order valence-electron chi connectivity index (χ2n) is 11.6. The molecule has 0 N–H and O–H groups in total. The Kier molecular flexibility index (Phi) is 5.16. The standard InChI is InChI=1S/C37H35N2/c1-6-37(7-2)25(3)28-22-21-27(24-29(28)33-23-20-26-14-8-11-17-32(26)39(33)37)38-34-18-12-9-15-30(34)36(4,5)31-16-10-13-19-35(31)38/h8-24H,3,6-7H2,1-2,4-5H3/q+1.